The highest BCUT2D eigenvalue weighted by Gasteiger charge is 2.20. The first-order valence-corrected chi connectivity index (χ1v) is 4.31. The van der Waals surface area contributed by atoms with Crippen LogP contribution in [0.1, 0.15) is 12.8 Å². The molecule has 0 saturated heterocycles. The van der Waals surface area contributed by atoms with Gasteiger partial charge in [0.15, 0.2) is 0 Å². The molecule has 0 unspecified atom stereocenters. The molecule has 0 heterocycles. The van der Waals surface area contributed by atoms with Crippen LogP contribution >= 0.6 is 0 Å². The van der Waals surface area contributed by atoms with Crippen molar-refractivity contribution >= 4 is 5.91 Å². The summed E-state index contributed by atoms with van der Waals surface area (Å²) in [5, 5.41) is 2.64. The van der Waals surface area contributed by atoms with E-state index in [1.165, 1.54) is 18.9 Å². The Bertz CT molecular complexity index is 164. The Morgan fingerprint density at radius 1 is 1.67 bits per heavy atom. The SMILES string of the molecule is C=CC(=O)NCCOCC1CC1. The highest BCUT2D eigenvalue weighted by Crippen LogP contribution is 2.28. The van der Waals surface area contributed by atoms with Gasteiger partial charge in [0, 0.05) is 13.2 Å². The third kappa shape index (κ3) is 4.13. The van der Waals surface area contributed by atoms with Crippen molar-refractivity contribution in [1.82, 2.24) is 5.32 Å². The first kappa shape index (κ1) is 9.26. The molecule has 0 aromatic carbocycles. The third-order valence-corrected chi connectivity index (χ3v) is 1.78. The van der Waals surface area contributed by atoms with Gasteiger partial charge >= 0.3 is 0 Å². The lowest BCUT2D eigenvalue weighted by Gasteiger charge is -2.02. The number of carbonyl (C=O) groups is 1. The number of amides is 1. The predicted octanol–water partition coefficient (Wildman–Crippen LogP) is 0.715. The van der Waals surface area contributed by atoms with Crippen LogP contribution in [0.2, 0.25) is 0 Å². The van der Waals surface area contributed by atoms with Gasteiger partial charge in [0.25, 0.3) is 0 Å². The van der Waals surface area contributed by atoms with E-state index >= 15 is 0 Å². The van der Waals surface area contributed by atoms with E-state index < -0.39 is 0 Å². The topological polar surface area (TPSA) is 38.3 Å². The maximum Gasteiger partial charge on any atom is 0.243 e. The van der Waals surface area contributed by atoms with Crippen LogP contribution in [0, 0.1) is 5.92 Å². The lowest BCUT2D eigenvalue weighted by atomic mass is 10.5. The van der Waals surface area contributed by atoms with Crippen LogP contribution in [-0.4, -0.2) is 25.7 Å². The van der Waals surface area contributed by atoms with E-state index in [1.807, 2.05) is 0 Å². The van der Waals surface area contributed by atoms with Gasteiger partial charge in [-0.05, 0) is 24.8 Å². The molecule has 0 spiro atoms. The van der Waals surface area contributed by atoms with E-state index in [1.54, 1.807) is 0 Å². The van der Waals surface area contributed by atoms with Crippen LogP contribution in [0.15, 0.2) is 12.7 Å². The van der Waals surface area contributed by atoms with Crippen LogP contribution in [0.4, 0.5) is 0 Å². The number of hydrogen-bond donors (Lipinski definition) is 1. The van der Waals surface area contributed by atoms with Crippen molar-refractivity contribution in [3.05, 3.63) is 12.7 Å². The van der Waals surface area contributed by atoms with Gasteiger partial charge in [0.2, 0.25) is 5.91 Å². The Morgan fingerprint density at radius 2 is 2.42 bits per heavy atom. The third-order valence-electron chi connectivity index (χ3n) is 1.78. The monoisotopic (exact) mass is 169 g/mol. The fourth-order valence-corrected chi connectivity index (χ4v) is 0.853. The highest BCUT2D eigenvalue weighted by atomic mass is 16.5. The normalized spacial score (nSPS) is 15.7. The molecule has 0 aromatic heterocycles. The molecular formula is C9H15NO2. The molecule has 1 aliphatic rings. The summed E-state index contributed by atoms with van der Waals surface area (Å²) in [5.41, 5.74) is 0. The van der Waals surface area contributed by atoms with Crippen LogP contribution < -0.4 is 5.32 Å². The summed E-state index contributed by atoms with van der Waals surface area (Å²) in [6.07, 6.45) is 3.87. The van der Waals surface area contributed by atoms with Gasteiger partial charge in [0.1, 0.15) is 0 Å². The van der Waals surface area contributed by atoms with Crippen LogP contribution in [-0.2, 0) is 9.53 Å². The van der Waals surface area contributed by atoms with Crippen molar-refractivity contribution < 1.29 is 9.53 Å². The zero-order valence-electron chi connectivity index (χ0n) is 7.21. The highest BCUT2D eigenvalue weighted by molar-refractivity contribution is 5.86. The summed E-state index contributed by atoms with van der Waals surface area (Å²) in [7, 11) is 0. The van der Waals surface area contributed by atoms with Gasteiger partial charge in [-0.25, -0.2) is 0 Å². The fraction of sp³-hybridized carbons (Fsp3) is 0.667. The minimum absolute atomic E-state index is 0.134. The van der Waals surface area contributed by atoms with Crippen molar-refractivity contribution in [2.45, 2.75) is 12.8 Å². The summed E-state index contributed by atoms with van der Waals surface area (Å²) in [6.45, 7) is 5.38. The Balaban J connectivity index is 1.81. The molecule has 3 heteroatoms. The molecule has 0 radical (unpaired) electrons. The maximum atomic E-state index is 10.6. The standard InChI is InChI=1S/C9H15NO2/c1-2-9(11)10-5-6-12-7-8-3-4-8/h2,8H,1,3-7H2,(H,10,11). The van der Waals surface area contributed by atoms with Gasteiger partial charge in [-0.2, -0.15) is 0 Å². The minimum Gasteiger partial charge on any atom is -0.379 e. The smallest absolute Gasteiger partial charge is 0.243 e. The average molecular weight is 169 g/mol. The molecule has 1 rings (SSSR count). The molecule has 0 bridgehead atoms. The van der Waals surface area contributed by atoms with E-state index in [-0.39, 0.29) is 5.91 Å². The average Bonchev–Trinajstić information content (AvgIpc) is 2.87. The van der Waals surface area contributed by atoms with E-state index in [4.69, 9.17) is 4.74 Å². The number of rotatable bonds is 6. The summed E-state index contributed by atoms with van der Waals surface area (Å²) < 4.78 is 5.30. The molecule has 1 amide bonds. The zero-order valence-corrected chi connectivity index (χ0v) is 7.21. The molecule has 12 heavy (non-hydrogen) atoms. The van der Waals surface area contributed by atoms with Crippen molar-refractivity contribution in [2.24, 2.45) is 5.92 Å². The minimum atomic E-state index is -0.134. The first-order chi connectivity index (χ1) is 5.83. The van der Waals surface area contributed by atoms with Gasteiger partial charge in [-0.1, -0.05) is 6.58 Å². The first-order valence-electron chi connectivity index (χ1n) is 4.31. The number of nitrogens with one attached hydrogen (secondary N) is 1. The summed E-state index contributed by atoms with van der Waals surface area (Å²) >= 11 is 0. The van der Waals surface area contributed by atoms with Crippen LogP contribution in [0.5, 0.6) is 0 Å². The molecule has 1 N–H and O–H groups in total. The molecule has 0 aromatic rings. The fourth-order valence-electron chi connectivity index (χ4n) is 0.853. The van der Waals surface area contributed by atoms with Crippen LogP contribution in [0.25, 0.3) is 0 Å². The second-order valence-electron chi connectivity index (χ2n) is 3.01. The molecule has 1 aliphatic carbocycles. The number of hydrogen-bond acceptors (Lipinski definition) is 2. The number of carbonyl (C=O) groups excluding carboxylic acids is 1. The van der Waals surface area contributed by atoms with E-state index in [0.717, 1.165) is 12.5 Å². The maximum absolute atomic E-state index is 10.6. The zero-order chi connectivity index (χ0) is 8.81. The molecular weight excluding hydrogens is 154 g/mol. The molecule has 1 saturated carbocycles. The molecule has 0 atom stereocenters. The Morgan fingerprint density at radius 3 is 3.00 bits per heavy atom. The Hall–Kier alpha value is -0.830. The Kier molecular flexibility index (Phi) is 3.80. The Labute approximate surface area is 72.8 Å². The quantitative estimate of drug-likeness (QED) is 0.470. The summed E-state index contributed by atoms with van der Waals surface area (Å²) in [4.78, 5) is 10.6. The predicted molar refractivity (Wildman–Crippen MR) is 46.7 cm³/mol. The van der Waals surface area contributed by atoms with Crippen molar-refractivity contribution in [3.8, 4) is 0 Å². The molecule has 1 fully saturated rings. The molecule has 68 valence electrons. The van der Waals surface area contributed by atoms with E-state index in [9.17, 15) is 4.79 Å². The second kappa shape index (κ2) is 4.93. The molecule has 0 aliphatic heterocycles. The van der Waals surface area contributed by atoms with Crippen molar-refractivity contribution in [3.63, 3.8) is 0 Å². The van der Waals surface area contributed by atoms with E-state index in [2.05, 4.69) is 11.9 Å². The van der Waals surface area contributed by atoms with Gasteiger partial charge in [0.05, 0.1) is 6.61 Å². The van der Waals surface area contributed by atoms with E-state index in [0.29, 0.717) is 13.2 Å². The van der Waals surface area contributed by atoms with Gasteiger partial charge in [-0.15, -0.1) is 0 Å². The van der Waals surface area contributed by atoms with Gasteiger partial charge < -0.3 is 10.1 Å². The summed E-state index contributed by atoms with van der Waals surface area (Å²) in [6, 6.07) is 0. The van der Waals surface area contributed by atoms with Crippen molar-refractivity contribution in [2.75, 3.05) is 19.8 Å². The van der Waals surface area contributed by atoms with Crippen LogP contribution in [0.3, 0.4) is 0 Å². The van der Waals surface area contributed by atoms with Crippen molar-refractivity contribution in [1.29, 1.82) is 0 Å². The summed E-state index contributed by atoms with van der Waals surface area (Å²) in [5.74, 6) is 0.658. The van der Waals surface area contributed by atoms with Gasteiger partial charge in [-0.3, -0.25) is 4.79 Å². The largest absolute Gasteiger partial charge is 0.379 e. The molecule has 3 nitrogen and oxygen atoms in total. The lowest BCUT2D eigenvalue weighted by molar-refractivity contribution is -0.116. The second-order valence-corrected chi connectivity index (χ2v) is 3.01. The number of ether oxygens (including phenoxy) is 1. The lowest BCUT2D eigenvalue weighted by Crippen LogP contribution is -2.25.